The number of sulfonamides is 1. The second kappa shape index (κ2) is 10.9. The third-order valence-corrected chi connectivity index (χ3v) is 5.88. The van der Waals surface area contributed by atoms with Crippen LogP contribution < -0.4 is 5.32 Å². The number of carbonyl (C=O) groups is 1. The van der Waals surface area contributed by atoms with Gasteiger partial charge >= 0.3 is 0 Å². The zero-order valence-electron chi connectivity index (χ0n) is 15.8. The summed E-state index contributed by atoms with van der Waals surface area (Å²) in [6, 6.07) is 8.28. The minimum atomic E-state index is -3.69. The van der Waals surface area contributed by atoms with Crippen LogP contribution in [0.4, 0.5) is 4.39 Å². The first kappa shape index (κ1) is 22.1. The third-order valence-electron chi connectivity index (χ3n) is 4.01. The van der Waals surface area contributed by atoms with Crippen LogP contribution in [0.1, 0.15) is 25.0 Å². The number of furan rings is 1. The average molecular weight is 412 g/mol. The van der Waals surface area contributed by atoms with Gasteiger partial charge in [-0.05, 0) is 49.2 Å². The van der Waals surface area contributed by atoms with Crippen LogP contribution in [0.5, 0.6) is 0 Å². The summed E-state index contributed by atoms with van der Waals surface area (Å²) in [7, 11) is -2.25. The highest BCUT2D eigenvalue weighted by atomic mass is 32.2. The maximum atomic E-state index is 12.9. The van der Waals surface area contributed by atoms with Gasteiger partial charge in [-0.1, -0.05) is 0 Å². The molecule has 0 atom stereocenters. The number of benzene rings is 1. The van der Waals surface area contributed by atoms with Crippen LogP contribution in [0.2, 0.25) is 0 Å². The van der Waals surface area contributed by atoms with Gasteiger partial charge in [0.25, 0.3) is 0 Å². The smallest absolute Gasteiger partial charge is 0.242 e. The van der Waals surface area contributed by atoms with E-state index in [0.29, 0.717) is 32.6 Å². The van der Waals surface area contributed by atoms with E-state index in [0.717, 1.165) is 22.2 Å². The van der Waals surface area contributed by atoms with E-state index in [1.165, 1.54) is 19.2 Å². The fourth-order valence-corrected chi connectivity index (χ4v) is 3.64. The molecule has 2 rings (SSSR count). The molecule has 0 spiro atoms. The standard InChI is InChI=1S/C19H25FN2O5S/c1-22(28(24,25)18-9-7-16(20)8-10-18)12-2-6-19(23)21-11-4-13-26-15-17-5-3-14-27-17/h3,5,7-10,14H,2,4,6,11-13,15H2,1H3,(H,21,23). The minimum absolute atomic E-state index is 0.0235. The first-order valence-electron chi connectivity index (χ1n) is 8.98. The Hall–Kier alpha value is -2.23. The van der Waals surface area contributed by atoms with Crippen molar-refractivity contribution in [3.05, 3.63) is 54.2 Å². The Bertz CT molecular complexity index is 823. The van der Waals surface area contributed by atoms with Gasteiger partial charge in [-0.2, -0.15) is 0 Å². The van der Waals surface area contributed by atoms with Crippen molar-refractivity contribution in [3.63, 3.8) is 0 Å². The number of amides is 1. The van der Waals surface area contributed by atoms with Gasteiger partial charge in [0.1, 0.15) is 18.2 Å². The van der Waals surface area contributed by atoms with Crippen LogP contribution >= 0.6 is 0 Å². The summed E-state index contributed by atoms with van der Waals surface area (Å²) in [6.07, 6.45) is 2.86. The summed E-state index contributed by atoms with van der Waals surface area (Å²) >= 11 is 0. The van der Waals surface area contributed by atoms with Crippen LogP contribution in [0.25, 0.3) is 0 Å². The molecule has 0 bridgehead atoms. The monoisotopic (exact) mass is 412 g/mol. The predicted octanol–water partition coefficient (Wildman–Crippen LogP) is 2.54. The maximum absolute atomic E-state index is 12.9. The average Bonchev–Trinajstić information content (AvgIpc) is 3.18. The molecule has 0 radical (unpaired) electrons. The highest BCUT2D eigenvalue weighted by Crippen LogP contribution is 2.15. The zero-order valence-corrected chi connectivity index (χ0v) is 16.6. The van der Waals surface area contributed by atoms with Gasteiger partial charge in [0.05, 0.1) is 11.2 Å². The molecule has 7 nitrogen and oxygen atoms in total. The molecule has 0 aliphatic rings. The molecule has 1 amide bonds. The molecule has 1 N–H and O–H groups in total. The minimum Gasteiger partial charge on any atom is -0.467 e. The molecule has 0 fully saturated rings. The second-order valence-electron chi connectivity index (χ2n) is 6.22. The molecule has 0 unspecified atom stereocenters. The Kier molecular flexibility index (Phi) is 8.62. The lowest BCUT2D eigenvalue weighted by Gasteiger charge is -2.17. The number of nitrogens with one attached hydrogen (secondary N) is 1. The molecule has 2 aromatic rings. The van der Waals surface area contributed by atoms with Crippen molar-refractivity contribution in [3.8, 4) is 0 Å². The highest BCUT2D eigenvalue weighted by molar-refractivity contribution is 7.89. The van der Waals surface area contributed by atoms with Crippen LogP contribution in [0.3, 0.4) is 0 Å². The Labute approximate surface area is 164 Å². The molecule has 1 heterocycles. The van der Waals surface area contributed by atoms with Gasteiger partial charge in [-0.25, -0.2) is 17.1 Å². The quantitative estimate of drug-likeness (QED) is 0.541. The summed E-state index contributed by atoms with van der Waals surface area (Å²) in [6.45, 7) is 1.58. The Morgan fingerprint density at radius 3 is 2.64 bits per heavy atom. The van der Waals surface area contributed by atoms with Crippen molar-refractivity contribution in [1.82, 2.24) is 9.62 Å². The lowest BCUT2D eigenvalue weighted by atomic mass is 10.3. The maximum Gasteiger partial charge on any atom is 0.242 e. The fraction of sp³-hybridized carbons (Fsp3) is 0.421. The number of hydrogen-bond acceptors (Lipinski definition) is 5. The molecule has 0 aliphatic carbocycles. The number of ether oxygens (including phenoxy) is 1. The van der Waals surface area contributed by atoms with Crippen molar-refractivity contribution in [2.75, 3.05) is 26.7 Å². The summed E-state index contributed by atoms with van der Waals surface area (Å²) in [5, 5.41) is 2.77. The van der Waals surface area contributed by atoms with Crippen LogP contribution in [-0.4, -0.2) is 45.4 Å². The summed E-state index contributed by atoms with van der Waals surface area (Å²) in [4.78, 5) is 11.8. The molecule has 1 aromatic carbocycles. The van der Waals surface area contributed by atoms with E-state index in [2.05, 4.69) is 5.32 Å². The topological polar surface area (TPSA) is 88.8 Å². The van der Waals surface area contributed by atoms with Crippen LogP contribution in [0.15, 0.2) is 52.0 Å². The molecule has 28 heavy (non-hydrogen) atoms. The lowest BCUT2D eigenvalue weighted by molar-refractivity contribution is -0.121. The number of hydrogen-bond donors (Lipinski definition) is 1. The van der Waals surface area contributed by atoms with Crippen molar-refractivity contribution in [1.29, 1.82) is 0 Å². The van der Waals surface area contributed by atoms with Gasteiger partial charge < -0.3 is 14.5 Å². The summed E-state index contributed by atoms with van der Waals surface area (Å²) in [5.41, 5.74) is 0. The highest BCUT2D eigenvalue weighted by Gasteiger charge is 2.20. The van der Waals surface area contributed by atoms with Gasteiger partial charge in [0.15, 0.2) is 0 Å². The van der Waals surface area contributed by atoms with Crippen LogP contribution in [0, 0.1) is 5.82 Å². The molecule has 154 valence electrons. The normalized spacial score (nSPS) is 11.7. The lowest BCUT2D eigenvalue weighted by Crippen LogP contribution is -2.30. The summed E-state index contributed by atoms with van der Waals surface area (Å²) < 4.78 is 49.4. The summed E-state index contributed by atoms with van der Waals surface area (Å²) in [5.74, 6) is 0.118. The molecule has 9 heteroatoms. The predicted molar refractivity (Wildman–Crippen MR) is 101 cm³/mol. The van der Waals surface area contributed by atoms with Crippen molar-refractivity contribution >= 4 is 15.9 Å². The zero-order chi connectivity index (χ0) is 20.4. The van der Waals surface area contributed by atoms with Crippen molar-refractivity contribution in [2.45, 2.75) is 30.8 Å². The van der Waals surface area contributed by atoms with Gasteiger partial charge in [-0.15, -0.1) is 0 Å². The third kappa shape index (κ3) is 7.06. The van der Waals surface area contributed by atoms with E-state index < -0.39 is 15.8 Å². The van der Waals surface area contributed by atoms with Gasteiger partial charge in [-0.3, -0.25) is 4.79 Å². The number of nitrogens with zero attached hydrogens (tertiary/aromatic N) is 1. The molecule has 0 aliphatic heterocycles. The largest absolute Gasteiger partial charge is 0.467 e. The number of halogens is 1. The molecular formula is C19H25FN2O5S. The van der Waals surface area contributed by atoms with E-state index in [9.17, 15) is 17.6 Å². The second-order valence-corrected chi connectivity index (χ2v) is 8.26. The van der Waals surface area contributed by atoms with E-state index in [1.54, 1.807) is 12.3 Å². The fourth-order valence-electron chi connectivity index (χ4n) is 2.43. The molecule has 1 aromatic heterocycles. The van der Waals surface area contributed by atoms with Gasteiger partial charge in [0, 0.05) is 33.2 Å². The van der Waals surface area contributed by atoms with E-state index >= 15 is 0 Å². The van der Waals surface area contributed by atoms with Gasteiger partial charge in [0.2, 0.25) is 15.9 Å². The van der Waals surface area contributed by atoms with E-state index in [-0.39, 0.29) is 23.8 Å². The Morgan fingerprint density at radius 1 is 1.21 bits per heavy atom. The molecule has 0 saturated heterocycles. The Morgan fingerprint density at radius 2 is 1.96 bits per heavy atom. The van der Waals surface area contributed by atoms with Crippen molar-refractivity contribution < 1.29 is 26.8 Å². The van der Waals surface area contributed by atoms with Crippen molar-refractivity contribution in [2.24, 2.45) is 0 Å². The first-order chi connectivity index (χ1) is 13.4. The van der Waals surface area contributed by atoms with E-state index in [4.69, 9.17) is 9.15 Å². The van der Waals surface area contributed by atoms with E-state index in [1.807, 2.05) is 6.07 Å². The number of carbonyl (C=O) groups excluding carboxylic acids is 1. The molecule has 0 saturated carbocycles. The van der Waals surface area contributed by atoms with Crippen LogP contribution in [-0.2, 0) is 26.2 Å². The molecular weight excluding hydrogens is 387 g/mol. The number of rotatable bonds is 12. The Balaban J connectivity index is 1.58. The first-order valence-corrected chi connectivity index (χ1v) is 10.4. The SMILES string of the molecule is CN(CCCC(=O)NCCCOCc1ccco1)S(=O)(=O)c1ccc(F)cc1.